The highest BCUT2D eigenvalue weighted by Crippen LogP contribution is 2.24. The minimum absolute atomic E-state index is 0.787. The quantitative estimate of drug-likeness (QED) is 0.590. The monoisotopic (exact) mass is 190 g/mol. The smallest absolute Gasteiger partial charge is 0.347 e. The zero-order valence-corrected chi connectivity index (χ0v) is 8.06. The number of hydrogen-bond donors (Lipinski definition) is 0. The van der Waals surface area contributed by atoms with Crippen LogP contribution in [0.2, 0.25) is 0 Å². The molecule has 2 aliphatic rings. The van der Waals surface area contributed by atoms with Crippen LogP contribution in [0.15, 0.2) is 30.3 Å². The highest BCUT2D eigenvalue weighted by Gasteiger charge is 2.43. The fraction of sp³-hybridized carbons (Fsp3) is 0.400. The van der Waals surface area contributed by atoms with E-state index in [4.69, 9.17) is 9.31 Å². The van der Waals surface area contributed by atoms with E-state index in [0.29, 0.717) is 0 Å². The first-order chi connectivity index (χ1) is 6.92. The van der Waals surface area contributed by atoms with E-state index >= 15 is 0 Å². The summed E-state index contributed by atoms with van der Waals surface area (Å²) >= 11 is 0. The normalized spacial score (nSPS) is 25.1. The number of benzene rings is 1. The molecule has 3 rings (SSSR count). The maximum Gasteiger partial charge on any atom is 0.347 e. The molecule has 0 unspecified atom stereocenters. The molecule has 0 amide bonds. The lowest BCUT2D eigenvalue weighted by Crippen LogP contribution is -2.57. The minimum Gasteiger partial charge on any atom is -0.550 e. The summed E-state index contributed by atoms with van der Waals surface area (Å²) in [4.78, 5) is 2.31. The molecular weight excluding hydrogens is 177 g/mol. The maximum absolute atomic E-state index is 5.82. The van der Waals surface area contributed by atoms with Crippen LogP contribution in [0.25, 0.3) is 0 Å². The number of fused-ring (bicyclic) bond motifs is 1. The first-order valence-electron chi connectivity index (χ1n) is 5.14. The van der Waals surface area contributed by atoms with Gasteiger partial charge < -0.3 is 14.1 Å². The van der Waals surface area contributed by atoms with Crippen molar-refractivity contribution in [2.24, 2.45) is 0 Å². The van der Waals surface area contributed by atoms with Crippen molar-refractivity contribution in [2.75, 3.05) is 26.3 Å². The van der Waals surface area contributed by atoms with E-state index in [2.05, 4.69) is 16.9 Å². The highest BCUT2D eigenvalue weighted by molar-refractivity contribution is 6.79. The van der Waals surface area contributed by atoms with Gasteiger partial charge >= 0.3 is 6.69 Å². The second-order valence-corrected chi connectivity index (χ2v) is 3.86. The second kappa shape index (κ2) is 3.09. The molecule has 14 heavy (non-hydrogen) atoms. The lowest BCUT2D eigenvalue weighted by molar-refractivity contribution is 0.232. The molecule has 2 heterocycles. The molecular formula is C10H13BNO2-. The van der Waals surface area contributed by atoms with Gasteiger partial charge in [0.2, 0.25) is 0 Å². The van der Waals surface area contributed by atoms with Crippen molar-refractivity contribution in [1.82, 2.24) is 4.81 Å². The molecule has 0 spiro atoms. The van der Waals surface area contributed by atoms with Crippen molar-refractivity contribution in [3.8, 4) is 0 Å². The molecule has 2 fully saturated rings. The van der Waals surface area contributed by atoms with Crippen LogP contribution in [0.3, 0.4) is 0 Å². The average Bonchev–Trinajstić information content (AvgIpc) is 2.77. The third-order valence-corrected chi connectivity index (χ3v) is 3.15. The van der Waals surface area contributed by atoms with Crippen LogP contribution >= 0.6 is 0 Å². The van der Waals surface area contributed by atoms with Gasteiger partial charge in [-0.3, -0.25) is 0 Å². The lowest BCUT2D eigenvalue weighted by atomic mass is 9.63. The number of hydrogen-bond acceptors (Lipinski definition) is 3. The Bertz CT molecular complexity index is 320. The van der Waals surface area contributed by atoms with Crippen molar-refractivity contribution in [1.29, 1.82) is 0 Å². The molecule has 3 nitrogen and oxygen atoms in total. The summed E-state index contributed by atoms with van der Waals surface area (Å²) in [5, 5.41) is 0. The topological polar surface area (TPSA) is 21.7 Å². The summed E-state index contributed by atoms with van der Waals surface area (Å²) in [7, 11) is 0. The van der Waals surface area contributed by atoms with Gasteiger partial charge in [0.25, 0.3) is 0 Å². The van der Waals surface area contributed by atoms with Gasteiger partial charge in [-0.15, -0.1) is 5.46 Å². The average molecular weight is 190 g/mol. The van der Waals surface area contributed by atoms with Crippen molar-refractivity contribution in [2.45, 2.75) is 0 Å². The molecule has 0 atom stereocenters. The Morgan fingerprint density at radius 1 is 1.00 bits per heavy atom. The van der Waals surface area contributed by atoms with E-state index in [0.717, 1.165) is 26.3 Å². The minimum atomic E-state index is -1.28. The Hall–Kier alpha value is -0.835. The van der Waals surface area contributed by atoms with Crippen molar-refractivity contribution >= 4 is 12.1 Å². The summed E-state index contributed by atoms with van der Waals surface area (Å²) in [5.41, 5.74) is 1.17. The lowest BCUT2D eigenvalue weighted by Gasteiger charge is -2.37. The van der Waals surface area contributed by atoms with Crippen LogP contribution in [0.4, 0.5) is 0 Å². The van der Waals surface area contributed by atoms with Gasteiger partial charge in [-0.2, -0.15) is 0 Å². The van der Waals surface area contributed by atoms with Crippen LogP contribution in [0, 0.1) is 0 Å². The molecule has 0 aromatic heterocycles. The predicted octanol–water partition coefficient (Wildman–Crippen LogP) is 0.195. The first-order valence-corrected chi connectivity index (χ1v) is 5.14. The number of nitrogens with zero attached hydrogens (tertiary/aromatic N) is 1. The van der Waals surface area contributed by atoms with Gasteiger partial charge in [0, 0.05) is 13.2 Å². The van der Waals surface area contributed by atoms with Gasteiger partial charge in [0.15, 0.2) is 0 Å². The standard InChI is InChI=1S/C10H13BNO2/c1-2-4-10(5-3-1)11-12(6-8-13-11)7-9-14-11/h1-5H,6-9H2/q-1. The zero-order valence-electron chi connectivity index (χ0n) is 8.06. The van der Waals surface area contributed by atoms with Crippen molar-refractivity contribution in [3.05, 3.63) is 30.3 Å². The summed E-state index contributed by atoms with van der Waals surface area (Å²) in [5.74, 6) is 0. The zero-order chi connectivity index (χ0) is 9.43. The van der Waals surface area contributed by atoms with E-state index in [-0.39, 0.29) is 0 Å². The predicted molar refractivity (Wildman–Crippen MR) is 55.3 cm³/mol. The van der Waals surface area contributed by atoms with Gasteiger partial charge in [0.05, 0.1) is 0 Å². The van der Waals surface area contributed by atoms with Gasteiger partial charge in [-0.25, -0.2) is 0 Å². The second-order valence-electron chi connectivity index (χ2n) is 3.86. The molecule has 74 valence electrons. The Morgan fingerprint density at radius 3 is 2.29 bits per heavy atom. The molecule has 1 aromatic carbocycles. The Balaban J connectivity index is 2.03. The van der Waals surface area contributed by atoms with Crippen LogP contribution in [0.1, 0.15) is 0 Å². The molecule has 2 aliphatic heterocycles. The highest BCUT2D eigenvalue weighted by atomic mass is 16.6. The molecule has 0 aliphatic carbocycles. The van der Waals surface area contributed by atoms with E-state index < -0.39 is 6.69 Å². The molecule has 1 aromatic rings. The third kappa shape index (κ3) is 1.05. The van der Waals surface area contributed by atoms with Gasteiger partial charge in [0.1, 0.15) is 0 Å². The van der Waals surface area contributed by atoms with Crippen LogP contribution in [-0.2, 0) is 9.31 Å². The molecule has 4 heteroatoms. The van der Waals surface area contributed by atoms with Gasteiger partial charge in [-0.05, 0) is 13.1 Å². The molecule has 0 bridgehead atoms. The largest absolute Gasteiger partial charge is 0.550 e. The van der Waals surface area contributed by atoms with Crippen molar-refractivity contribution < 1.29 is 9.31 Å². The number of rotatable bonds is 1. The van der Waals surface area contributed by atoms with Crippen LogP contribution in [-0.4, -0.2) is 37.8 Å². The maximum atomic E-state index is 5.82. The van der Waals surface area contributed by atoms with Crippen LogP contribution in [0.5, 0.6) is 0 Å². The molecule has 2 saturated heterocycles. The SMILES string of the molecule is c1ccc([B-]23OCCN2CCO3)cc1. The summed E-state index contributed by atoms with van der Waals surface area (Å²) < 4.78 is 11.6. The molecule has 0 radical (unpaired) electrons. The third-order valence-electron chi connectivity index (χ3n) is 3.15. The Labute approximate surface area is 83.6 Å². The van der Waals surface area contributed by atoms with Gasteiger partial charge in [-0.1, -0.05) is 30.3 Å². The fourth-order valence-electron chi connectivity index (χ4n) is 2.47. The Kier molecular flexibility index (Phi) is 1.87. The molecule has 0 saturated carbocycles. The van der Waals surface area contributed by atoms with Crippen molar-refractivity contribution in [3.63, 3.8) is 0 Å². The summed E-state index contributed by atoms with van der Waals surface area (Å²) in [6.07, 6.45) is 0. The molecule has 0 N–H and O–H groups in total. The Morgan fingerprint density at radius 2 is 1.64 bits per heavy atom. The van der Waals surface area contributed by atoms with Crippen LogP contribution < -0.4 is 5.46 Å². The van der Waals surface area contributed by atoms with E-state index in [1.165, 1.54) is 5.46 Å². The van der Waals surface area contributed by atoms with E-state index in [1.807, 2.05) is 18.2 Å². The van der Waals surface area contributed by atoms with E-state index in [9.17, 15) is 0 Å². The summed E-state index contributed by atoms with van der Waals surface area (Å²) in [6, 6.07) is 10.3. The van der Waals surface area contributed by atoms with E-state index in [1.54, 1.807) is 0 Å². The fourth-order valence-corrected chi connectivity index (χ4v) is 2.47. The first kappa shape index (κ1) is 8.47. The summed E-state index contributed by atoms with van der Waals surface area (Å²) in [6.45, 7) is 2.29.